The van der Waals surface area contributed by atoms with Crippen LogP contribution in [0.4, 0.5) is 5.69 Å². The van der Waals surface area contributed by atoms with Crippen LogP contribution in [0.15, 0.2) is 94.1 Å². The predicted octanol–water partition coefficient (Wildman–Crippen LogP) is 7.32. The number of carbonyl (C=O) groups is 1. The van der Waals surface area contributed by atoms with E-state index < -0.39 is 5.92 Å². The Morgan fingerprint density at radius 1 is 1.00 bits per heavy atom. The Labute approximate surface area is 219 Å². The third-order valence-electron chi connectivity index (χ3n) is 6.87. The van der Waals surface area contributed by atoms with E-state index in [9.17, 15) is 15.3 Å². The van der Waals surface area contributed by atoms with Gasteiger partial charge in [0.15, 0.2) is 5.78 Å². The van der Waals surface area contributed by atoms with Crippen molar-refractivity contribution in [3.63, 3.8) is 0 Å². The van der Waals surface area contributed by atoms with E-state index in [-0.39, 0.29) is 17.4 Å². The molecule has 0 fully saturated rings. The smallest absolute Gasteiger partial charge is 0.161 e. The van der Waals surface area contributed by atoms with Gasteiger partial charge >= 0.3 is 0 Å². The number of hydrogen-bond acceptors (Lipinski definition) is 4. The van der Waals surface area contributed by atoms with Crippen LogP contribution in [0.5, 0.6) is 5.75 Å². The van der Waals surface area contributed by atoms with E-state index >= 15 is 0 Å². The number of aliphatic hydroxyl groups excluding tert-OH is 1. The van der Waals surface area contributed by atoms with Crippen molar-refractivity contribution in [2.45, 2.75) is 32.1 Å². The van der Waals surface area contributed by atoms with Crippen LogP contribution < -0.4 is 9.64 Å². The number of carbonyl (C=O) groups excluding carboxylic acids is 1. The minimum absolute atomic E-state index is 0.00727. The Morgan fingerprint density at radius 2 is 1.67 bits per heavy atom. The maximum atomic E-state index is 13.5. The molecule has 36 heavy (non-hydrogen) atoms. The molecule has 182 valence electrons. The van der Waals surface area contributed by atoms with E-state index in [1.165, 1.54) is 0 Å². The Kier molecular flexibility index (Phi) is 6.54. The normalized spacial score (nSPS) is 19.3. The summed E-state index contributed by atoms with van der Waals surface area (Å²) in [5.41, 5.74) is 5.22. The minimum atomic E-state index is -0.556. The average Bonchev–Trinajstić information content (AvgIpc) is 2.89. The Bertz CT molecular complexity index is 1390. The van der Waals surface area contributed by atoms with Gasteiger partial charge in [-0.1, -0.05) is 57.9 Å². The van der Waals surface area contributed by atoms with Crippen molar-refractivity contribution in [3.05, 3.63) is 111 Å². The lowest BCUT2D eigenvalue weighted by atomic mass is 9.73. The van der Waals surface area contributed by atoms with Crippen LogP contribution in [-0.4, -0.2) is 23.8 Å². The number of aliphatic hydroxyl groups is 1. The van der Waals surface area contributed by atoms with Crippen molar-refractivity contribution in [1.82, 2.24) is 0 Å². The zero-order chi connectivity index (χ0) is 25.4. The number of rotatable bonds is 4. The maximum absolute atomic E-state index is 13.5. The summed E-state index contributed by atoms with van der Waals surface area (Å²) in [7, 11) is 1.61. The monoisotopic (exact) mass is 542 g/mol. The molecular weight excluding hydrogens is 516 g/mol. The quantitative estimate of drug-likeness (QED) is 0.338. The molecule has 0 spiro atoms. The molecule has 1 aliphatic heterocycles. The summed E-state index contributed by atoms with van der Waals surface area (Å²) in [6, 6.07) is 22.8. The van der Waals surface area contributed by atoms with Crippen molar-refractivity contribution in [2.75, 3.05) is 12.0 Å². The van der Waals surface area contributed by atoms with Gasteiger partial charge in [0.1, 0.15) is 17.3 Å². The summed E-state index contributed by atoms with van der Waals surface area (Å²) in [6.07, 6.45) is 1.87. The van der Waals surface area contributed by atoms with Crippen LogP contribution in [0.25, 0.3) is 5.76 Å². The number of nitrogens with zero attached hydrogens (tertiary/aromatic N) is 1. The number of nitrogens with one attached hydrogen (secondary N) is 1. The minimum Gasteiger partial charge on any atom is -0.507 e. The topological polar surface area (TPSA) is 73.6 Å². The molecule has 0 saturated carbocycles. The van der Waals surface area contributed by atoms with Crippen molar-refractivity contribution in [2.24, 2.45) is 0 Å². The molecule has 5 rings (SSSR count). The number of benzene rings is 3. The first kappa shape index (κ1) is 24.1. The second-order valence-electron chi connectivity index (χ2n) is 9.13. The highest BCUT2D eigenvalue weighted by molar-refractivity contribution is 9.10. The highest BCUT2D eigenvalue weighted by Crippen LogP contribution is 2.48. The van der Waals surface area contributed by atoms with Gasteiger partial charge in [-0.2, -0.15) is 0 Å². The first-order chi connectivity index (χ1) is 17.4. The highest BCUT2D eigenvalue weighted by atomic mass is 79.9. The van der Waals surface area contributed by atoms with Crippen molar-refractivity contribution >= 4 is 39.0 Å². The van der Waals surface area contributed by atoms with Gasteiger partial charge in [-0.15, -0.1) is 0 Å². The molecule has 1 aliphatic carbocycles. The fourth-order valence-corrected chi connectivity index (χ4v) is 5.33. The van der Waals surface area contributed by atoms with E-state index in [0.717, 1.165) is 33.4 Å². The van der Waals surface area contributed by atoms with Crippen molar-refractivity contribution < 1.29 is 14.6 Å². The second-order valence-corrected chi connectivity index (χ2v) is 10.0. The van der Waals surface area contributed by atoms with Gasteiger partial charge in [0, 0.05) is 44.9 Å². The number of amidine groups is 1. The number of halogens is 1. The number of Topliss-reactive ketones (excluding diaryl/α,β-unsaturated/α-hetero) is 1. The van der Waals surface area contributed by atoms with Crippen molar-refractivity contribution in [3.8, 4) is 5.75 Å². The molecular formula is C30H27BrN2O3. The first-order valence-corrected chi connectivity index (χ1v) is 12.7. The van der Waals surface area contributed by atoms with Crippen LogP contribution in [0.3, 0.4) is 0 Å². The van der Waals surface area contributed by atoms with E-state index in [2.05, 4.69) is 15.9 Å². The summed E-state index contributed by atoms with van der Waals surface area (Å²) in [5, 5.41) is 21.1. The molecule has 2 aliphatic rings. The standard InChI is InChI=1S/C30H27BrN2O3/c1-18-6-8-20(9-7-18)29(35)28-26(19-10-16-23(36-2)17-11-19)27-24(4-3-5-25(27)34)33(30(28)32)22-14-12-21(31)13-15-22/h6-17,26,32,35H,3-5H2,1-2H3/t26-/m1/s1. The molecule has 5 nitrogen and oxygen atoms in total. The van der Waals surface area contributed by atoms with Gasteiger partial charge in [-0.05, 0) is 61.7 Å². The van der Waals surface area contributed by atoms with E-state index in [4.69, 9.17) is 4.74 Å². The molecule has 6 heteroatoms. The van der Waals surface area contributed by atoms with Crippen molar-refractivity contribution in [1.29, 1.82) is 5.41 Å². The Hall–Kier alpha value is -3.64. The lowest BCUT2D eigenvalue weighted by Gasteiger charge is -2.41. The van der Waals surface area contributed by atoms with E-state index in [0.29, 0.717) is 35.3 Å². The fraction of sp³-hybridized carbons (Fsp3) is 0.200. The SMILES string of the molecule is COc1ccc([C@H]2C(=C(O)c3ccc(C)cc3)C(=N)N(c3ccc(Br)cc3)C3=C2C(=O)CCC3)cc1. The molecule has 0 unspecified atom stereocenters. The van der Waals surface area contributed by atoms with Gasteiger partial charge in [0.05, 0.1) is 7.11 Å². The van der Waals surface area contributed by atoms with E-state index in [1.54, 1.807) is 7.11 Å². The zero-order valence-corrected chi connectivity index (χ0v) is 21.8. The van der Waals surface area contributed by atoms with Gasteiger partial charge < -0.3 is 9.84 Å². The number of methoxy groups -OCH3 is 1. The van der Waals surface area contributed by atoms with Crippen LogP contribution >= 0.6 is 15.9 Å². The van der Waals surface area contributed by atoms with Gasteiger partial charge in [0.25, 0.3) is 0 Å². The number of allylic oxidation sites excluding steroid dienone is 2. The maximum Gasteiger partial charge on any atom is 0.161 e. The lowest BCUT2D eigenvalue weighted by molar-refractivity contribution is -0.116. The molecule has 0 saturated heterocycles. The molecule has 3 aromatic carbocycles. The third-order valence-corrected chi connectivity index (χ3v) is 7.40. The summed E-state index contributed by atoms with van der Waals surface area (Å²) >= 11 is 3.49. The molecule has 0 aromatic heterocycles. The lowest BCUT2D eigenvalue weighted by Crippen LogP contribution is -2.42. The molecule has 1 heterocycles. The summed E-state index contributed by atoms with van der Waals surface area (Å²) in [4.78, 5) is 15.4. The summed E-state index contributed by atoms with van der Waals surface area (Å²) in [6.45, 7) is 1.99. The van der Waals surface area contributed by atoms with E-state index in [1.807, 2.05) is 84.6 Å². The summed E-state index contributed by atoms with van der Waals surface area (Å²) < 4.78 is 6.28. The average molecular weight is 543 g/mol. The fourth-order valence-electron chi connectivity index (χ4n) is 5.06. The Balaban J connectivity index is 1.80. The van der Waals surface area contributed by atoms with Crippen LogP contribution in [0.2, 0.25) is 0 Å². The third kappa shape index (κ3) is 4.26. The molecule has 0 radical (unpaired) electrons. The van der Waals surface area contributed by atoms with Gasteiger partial charge in [0.2, 0.25) is 0 Å². The number of hydrogen-bond donors (Lipinski definition) is 2. The Morgan fingerprint density at radius 3 is 2.31 bits per heavy atom. The molecule has 2 N–H and O–H groups in total. The van der Waals surface area contributed by atoms with Gasteiger partial charge in [-0.3, -0.25) is 15.1 Å². The predicted molar refractivity (Wildman–Crippen MR) is 147 cm³/mol. The number of anilines is 1. The number of ketones is 1. The molecule has 0 amide bonds. The molecule has 3 aromatic rings. The largest absolute Gasteiger partial charge is 0.507 e. The van der Waals surface area contributed by atoms with Crippen LogP contribution in [0, 0.1) is 12.3 Å². The van der Waals surface area contributed by atoms with Crippen LogP contribution in [0.1, 0.15) is 41.9 Å². The van der Waals surface area contributed by atoms with Gasteiger partial charge in [-0.25, -0.2) is 0 Å². The zero-order valence-electron chi connectivity index (χ0n) is 20.2. The first-order valence-electron chi connectivity index (χ1n) is 11.9. The van der Waals surface area contributed by atoms with Crippen LogP contribution in [-0.2, 0) is 4.79 Å². The molecule has 1 atom stereocenters. The summed E-state index contributed by atoms with van der Waals surface area (Å²) in [5.74, 6) is 0.385. The number of ether oxygens (including phenoxy) is 1. The second kappa shape index (κ2) is 9.78. The number of aryl methyl sites for hydroxylation is 1. The molecule has 0 bridgehead atoms. The highest BCUT2D eigenvalue weighted by Gasteiger charge is 2.43.